The number of oxazole rings is 1. The van der Waals surface area contributed by atoms with E-state index in [0.717, 1.165) is 12.0 Å². The van der Waals surface area contributed by atoms with Crippen molar-refractivity contribution in [1.29, 1.82) is 0 Å². The molecule has 1 aromatic heterocycles. The third-order valence-electron chi connectivity index (χ3n) is 7.58. The Labute approximate surface area is 251 Å². The number of nitrogens with zero attached hydrogens (tertiary/aromatic N) is 2. The molecule has 2 aromatic carbocycles. The van der Waals surface area contributed by atoms with Gasteiger partial charge in [-0.2, -0.15) is 9.29 Å². The zero-order valence-corrected chi connectivity index (χ0v) is 25.0. The second-order valence-electron chi connectivity index (χ2n) is 11.3. The Morgan fingerprint density at radius 2 is 1.88 bits per heavy atom. The number of hydrogen-bond donors (Lipinski definition) is 3. The average molecular weight is 615 g/mol. The van der Waals surface area contributed by atoms with Crippen LogP contribution in [0, 0.1) is 11.8 Å². The molecule has 0 bridgehead atoms. The number of hydrogen-bond acceptors (Lipinski definition) is 10. The number of amides is 1. The van der Waals surface area contributed by atoms with E-state index in [2.05, 4.69) is 10.3 Å². The van der Waals surface area contributed by atoms with Crippen LogP contribution in [0.25, 0.3) is 11.3 Å². The van der Waals surface area contributed by atoms with E-state index in [-0.39, 0.29) is 55.2 Å². The molecule has 5 atom stereocenters. The van der Waals surface area contributed by atoms with Crippen LogP contribution >= 0.6 is 0 Å². The molecule has 2 aliphatic heterocycles. The van der Waals surface area contributed by atoms with Gasteiger partial charge in [-0.1, -0.05) is 56.3 Å². The van der Waals surface area contributed by atoms with Crippen LogP contribution in [0.1, 0.15) is 25.8 Å². The van der Waals surface area contributed by atoms with Crippen LogP contribution in [0.15, 0.2) is 70.2 Å². The molecule has 232 valence electrons. The van der Waals surface area contributed by atoms with Crippen molar-refractivity contribution in [2.45, 2.75) is 56.1 Å². The molecular weight excluding hydrogens is 576 g/mol. The molecule has 0 saturated carbocycles. The molecule has 3 aromatic rings. The number of sulfonamides is 1. The van der Waals surface area contributed by atoms with E-state index in [0.29, 0.717) is 17.9 Å². The van der Waals surface area contributed by atoms with E-state index in [1.807, 2.05) is 44.2 Å². The number of carbonyl (C=O) groups excluding carboxylic acids is 1. The first kappa shape index (κ1) is 31.0. The van der Waals surface area contributed by atoms with Gasteiger partial charge >= 0.3 is 6.09 Å². The Bertz CT molecular complexity index is 1460. The second kappa shape index (κ2) is 13.4. The second-order valence-corrected chi connectivity index (χ2v) is 13.2. The normalized spacial score (nSPS) is 21.6. The maximum absolute atomic E-state index is 13.8. The zero-order chi connectivity index (χ0) is 30.6. The van der Waals surface area contributed by atoms with Crippen LogP contribution in [0.5, 0.6) is 0 Å². The summed E-state index contributed by atoms with van der Waals surface area (Å²) in [6.45, 7) is 4.49. The lowest BCUT2D eigenvalue weighted by Gasteiger charge is -2.31. The molecule has 13 heteroatoms. The van der Waals surface area contributed by atoms with Gasteiger partial charge in [0.1, 0.15) is 18.1 Å². The Kier molecular flexibility index (Phi) is 9.67. The fourth-order valence-electron chi connectivity index (χ4n) is 5.40. The average Bonchev–Trinajstić information content (AvgIpc) is 3.72. The molecule has 3 heterocycles. The van der Waals surface area contributed by atoms with Crippen molar-refractivity contribution < 1.29 is 36.9 Å². The predicted octanol–water partition coefficient (Wildman–Crippen LogP) is 3.03. The number of alkyl carbamates (subject to hydrolysis) is 1. The Hall–Kier alpha value is -3.49. The summed E-state index contributed by atoms with van der Waals surface area (Å²) >= 11 is 0. The van der Waals surface area contributed by atoms with Crippen molar-refractivity contribution in [2.75, 3.05) is 32.0 Å². The molecule has 2 saturated heterocycles. The SMILES string of the molecule is CC(C)CN(C[C@H](O)[C@H](Cc1ccccc1)NC(=O)OC1COC2OCCC12)S(=O)(=O)c1ccc(-c2coc(N)n2)cc1. The number of benzene rings is 2. The number of anilines is 1. The standard InChI is InChI=1S/C30H38N4O8S/c1-19(2)15-34(43(37,38)22-10-8-21(9-11-22)25-17-41-29(31)32-25)16-26(35)24(14-20-6-4-3-5-7-20)33-30(36)42-27-18-40-28-23(27)12-13-39-28/h3-11,17,19,23-24,26-28,35H,12-16,18H2,1-2H3,(H2,31,32)(H,33,36)/t23?,24-,26-,27?,28?/m0/s1. The van der Waals surface area contributed by atoms with Crippen LogP contribution in [-0.2, 0) is 30.7 Å². The van der Waals surface area contributed by atoms with Gasteiger partial charge in [0.2, 0.25) is 10.0 Å². The number of nitrogens with one attached hydrogen (secondary N) is 1. The molecule has 12 nitrogen and oxygen atoms in total. The number of carbonyl (C=O) groups is 1. The molecule has 2 aliphatic rings. The maximum atomic E-state index is 13.8. The first-order valence-corrected chi connectivity index (χ1v) is 15.8. The number of aliphatic hydroxyl groups excluding tert-OH is 1. The minimum absolute atomic E-state index is 0.0136. The summed E-state index contributed by atoms with van der Waals surface area (Å²) in [5, 5.41) is 14.3. The number of rotatable bonds is 12. The van der Waals surface area contributed by atoms with Gasteiger partial charge in [0, 0.05) is 18.7 Å². The fraction of sp³-hybridized carbons (Fsp3) is 0.467. The molecule has 0 radical (unpaired) electrons. The minimum Gasteiger partial charge on any atom is -0.443 e. The quantitative estimate of drug-likeness (QED) is 0.276. The fourth-order valence-corrected chi connectivity index (χ4v) is 7.02. The smallest absolute Gasteiger partial charge is 0.407 e. The Morgan fingerprint density at radius 1 is 1.14 bits per heavy atom. The highest BCUT2D eigenvalue weighted by Gasteiger charge is 2.44. The number of aromatic nitrogens is 1. The lowest BCUT2D eigenvalue weighted by atomic mass is 10.0. The zero-order valence-electron chi connectivity index (χ0n) is 24.2. The van der Waals surface area contributed by atoms with Gasteiger partial charge in [0.15, 0.2) is 6.29 Å². The topological polar surface area (TPSA) is 166 Å². The summed E-state index contributed by atoms with van der Waals surface area (Å²) in [7, 11) is -4.02. The Morgan fingerprint density at radius 3 is 2.56 bits per heavy atom. The molecule has 0 aliphatic carbocycles. The molecule has 2 fully saturated rings. The van der Waals surface area contributed by atoms with Crippen molar-refractivity contribution in [3.05, 3.63) is 66.4 Å². The lowest BCUT2D eigenvalue weighted by Crippen LogP contribution is -2.51. The van der Waals surface area contributed by atoms with Crippen LogP contribution in [0.4, 0.5) is 10.8 Å². The van der Waals surface area contributed by atoms with E-state index in [1.165, 1.54) is 22.7 Å². The first-order chi connectivity index (χ1) is 20.6. The van der Waals surface area contributed by atoms with Crippen LogP contribution in [0.2, 0.25) is 0 Å². The van der Waals surface area contributed by atoms with Gasteiger partial charge in [-0.15, -0.1) is 0 Å². The van der Waals surface area contributed by atoms with Gasteiger partial charge in [-0.25, -0.2) is 13.2 Å². The van der Waals surface area contributed by atoms with E-state index in [4.69, 9.17) is 24.4 Å². The summed E-state index contributed by atoms with van der Waals surface area (Å²) in [6.07, 6.45) is -0.403. The van der Waals surface area contributed by atoms with E-state index < -0.39 is 34.4 Å². The highest BCUT2D eigenvalue weighted by molar-refractivity contribution is 7.89. The number of aliphatic hydroxyl groups is 1. The van der Waals surface area contributed by atoms with Crippen molar-refractivity contribution in [3.63, 3.8) is 0 Å². The van der Waals surface area contributed by atoms with Gasteiger partial charge in [-0.05, 0) is 36.5 Å². The van der Waals surface area contributed by atoms with Crippen molar-refractivity contribution >= 4 is 22.1 Å². The lowest BCUT2D eigenvalue weighted by molar-refractivity contribution is -0.0907. The largest absolute Gasteiger partial charge is 0.443 e. The molecule has 5 rings (SSSR count). The molecule has 4 N–H and O–H groups in total. The Balaban J connectivity index is 1.32. The maximum Gasteiger partial charge on any atom is 0.407 e. The minimum atomic E-state index is -4.02. The van der Waals surface area contributed by atoms with E-state index in [1.54, 1.807) is 12.1 Å². The predicted molar refractivity (Wildman–Crippen MR) is 157 cm³/mol. The summed E-state index contributed by atoms with van der Waals surface area (Å²) in [6, 6.07) is 14.7. The van der Waals surface area contributed by atoms with Gasteiger partial charge in [0.25, 0.3) is 6.01 Å². The number of fused-ring (bicyclic) bond motifs is 1. The third-order valence-corrected chi connectivity index (χ3v) is 9.42. The van der Waals surface area contributed by atoms with Crippen molar-refractivity contribution in [2.24, 2.45) is 11.8 Å². The summed E-state index contributed by atoms with van der Waals surface area (Å²) in [4.78, 5) is 17.2. The van der Waals surface area contributed by atoms with Crippen LogP contribution in [0.3, 0.4) is 0 Å². The molecule has 0 spiro atoms. The highest BCUT2D eigenvalue weighted by Crippen LogP contribution is 2.33. The summed E-state index contributed by atoms with van der Waals surface area (Å²) in [5.41, 5.74) is 7.55. The number of nitrogen functional groups attached to an aromatic ring is 1. The monoisotopic (exact) mass is 614 g/mol. The molecule has 1 amide bonds. The molecular formula is C30H38N4O8S. The molecule has 3 unspecified atom stereocenters. The van der Waals surface area contributed by atoms with Gasteiger partial charge in [-0.3, -0.25) is 0 Å². The van der Waals surface area contributed by atoms with Gasteiger partial charge < -0.3 is 34.8 Å². The van der Waals surface area contributed by atoms with Crippen molar-refractivity contribution in [1.82, 2.24) is 14.6 Å². The van der Waals surface area contributed by atoms with E-state index >= 15 is 0 Å². The van der Waals surface area contributed by atoms with Gasteiger partial charge in [0.05, 0.1) is 36.2 Å². The van der Waals surface area contributed by atoms with Crippen LogP contribution in [-0.4, -0.2) is 79.7 Å². The molecule has 43 heavy (non-hydrogen) atoms. The summed E-state index contributed by atoms with van der Waals surface area (Å²) < 4.78 is 50.7. The third kappa shape index (κ3) is 7.54. The number of nitrogens with two attached hydrogens (primary N) is 1. The summed E-state index contributed by atoms with van der Waals surface area (Å²) in [5.74, 6) is -0.0725. The first-order valence-electron chi connectivity index (χ1n) is 14.3. The number of ether oxygens (including phenoxy) is 3. The highest BCUT2D eigenvalue weighted by atomic mass is 32.2. The van der Waals surface area contributed by atoms with E-state index in [9.17, 15) is 18.3 Å². The van der Waals surface area contributed by atoms with Crippen LogP contribution < -0.4 is 11.1 Å². The van der Waals surface area contributed by atoms with Crippen molar-refractivity contribution in [3.8, 4) is 11.3 Å².